The number of urea groups is 1. The van der Waals surface area contributed by atoms with E-state index in [2.05, 4.69) is 14.8 Å². The van der Waals surface area contributed by atoms with Crippen LogP contribution < -0.4 is 10.5 Å². The predicted molar refractivity (Wildman–Crippen MR) is 102 cm³/mol. The molecule has 0 saturated heterocycles. The van der Waals surface area contributed by atoms with Gasteiger partial charge in [0.25, 0.3) is 0 Å². The van der Waals surface area contributed by atoms with Crippen molar-refractivity contribution in [3.8, 4) is 0 Å². The minimum atomic E-state index is -1.45. The zero-order valence-corrected chi connectivity index (χ0v) is 16.3. The molecular weight excluding hydrogens is 367 g/mol. The molecule has 1 atom stereocenters. The average Bonchev–Trinajstić information content (AvgIpc) is 3.24. The van der Waals surface area contributed by atoms with Crippen molar-refractivity contribution in [3.63, 3.8) is 0 Å². The molecule has 2 amide bonds. The summed E-state index contributed by atoms with van der Waals surface area (Å²) < 4.78 is 19.3. The Labute approximate surface area is 159 Å². The van der Waals surface area contributed by atoms with Crippen LogP contribution in [0.15, 0.2) is 15.6 Å². The van der Waals surface area contributed by atoms with Gasteiger partial charge in [-0.2, -0.15) is 5.10 Å². The van der Waals surface area contributed by atoms with Crippen LogP contribution in [-0.2, 0) is 30.3 Å². The Morgan fingerprint density at radius 2 is 2.26 bits per heavy atom. The summed E-state index contributed by atoms with van der Waals surface area (Å²) in [5.74, 6) is -0.0454. The first-order valence-electron chi connectivity index (χ1n) is 9.24. The number of aryl methyl sites for hydroxylation is 2. The molecule has 0 spiro atoms. The Bertz CT molecular complexity index is 950. The maximum atomic E-state index is 14.0. The number of halogens is 1. The third-order valence-corrected chi connectivity index (χ3v) is 6.13. The normalized spacial score (nSPS) is 17.2. The first-order chi connectivity index (χ1) is 13.0. The Morgan fingerprint density at radius 1 is 1.48 bits per heavy atom. The lowest BCUT2D eigenvalue weighted by atomic mass is 10.0. The van der Waals surface area contributed by atoms with Crippen LogP contribution in [0.1, 0.15) is 54.6 Å². The Morgan fingerprint density at radius 3 is 2.93 bits per heavy atom. The Balaban J connectivity index is 1.62. The molecule has 1 unspecified atom stereocenters. The molecule has 0 bridgehead atoms. The molecule has 2 aliphatic carbocycles. The molecule has 144 valence electrons. The summed E-state index contributed by atoms with van der Waals surface area (Å²) in [5, 5.41) is 12.9. The number of anilines is 1. The highest BCUT2D eigenvalue weighted by atomic mass is 32.2. The van der Waals surface area contributed by atoms with Gasteiger partial charge in [0.2, 0.25) is 0 Å². The number of nitrogens with zero attached hydrogens (tertiary/aromatic N) is 4. The first kappa shape index (κ1) is 18.2. The van der Waals surface area contributed by atoms with Crippen molar-refractivity contribution < 1.29 is 9.18 Å². The van der Waals surface area contributed by atoms with E-state index in [1.54, 1.807) is 0 Å². The lowest BCUT2D eigenvalue weighted by Gasteiger charge is -2.15. The molecule has 4 rings (SSSR count). The molecule has 3 N–H and O–H groups in total. The van der Waals surface area contributed by atoms with Crippen LogP contribution >= 0.6 is 0 Å². The SMILES string of the molecule is CCn1cc(F)c(/S(N)=N/C(=O)Nc2c(C)c(C3CC3)nc3c2CCC3)n1. The summed E-state index contributed by atoms with van der Waals surface area (Å²) in [6, 6.07) is -0.573. The molecule has 7 nitrogen and oxygen atoms in total. The second-order valence-corrected chi connectivity index (χ2v) is 8.22. The lowest BCUT2D eigenvalue weighted by Crippen LogP contribution is -2.16. The van der Waals surface area contributed by atoms with Crippen molar-refractivity contribution in [2.45, 2.75) is 63.4 Å². The number of hydrogen-bond donors (Lipinski definition) is 2. The zero-order chi connectivity index (χ0) is 19.1. The van der Waals surface area contributed by atoms with E-state index in [0.29, 0.717) is 12.5 Å². The molecule has 2 aromatic rings. The molecule has 2 aliphatic rings. The smallest absolute Gasteiger partial charge is 0.305 e. The molecule has 9 heteroatoms. The topological polar surface area (TPSA) is 98.2 Å². The highest BCUT2D eigenvalue weighted by Gasteiger charge is 2.31. The van der Waals surface area contributed by atoms with Crippen LogP contribution in [0.2, 0.25) is 0 Å². The van der Waals surface area contributed by atoms with Gasteiger partial charge in [0.1, 0.15) is 0 Å². The van der Waals surface area contributed by atoms with Gasteiger partial charge in [0.15, 0.2) is 10.8 Å². The van der Waals surface area contributed by atoms with Crippen LogP contribution in [-0.4, -0.2) is 20.8 Å². The minimum absolute atomic E-state index is 0.00217. The molecule has 0 radical (unpaired) electrons. The number of carbonyl (C=O) groups excluding carboxylic acids is 1. The lowest BCUT2D eigenvalue weighted by molar-refractivity contribution is 0.260. The van der Waals surface area contributed by atoms with Crippen molar-refractivity contribution in [2.75, 3.05) is 5.32 Å². The fourth-order valence-electron chi connectivity index (χ4n) is 3.57. The highest BCUT2D eigenvalue weighted by Crippen LogP contribution is 2.44. The number of carbonyl (C=O) groups is 1. The average molecular weight is 390 g/mol. The van der Waals surface area contributed by atoms with E-state index in [9.17, 15) is 9.18 Å². The molecule has 1 saturated carbocycles. The third kappa shape index (κ3) is 3.53. The monoisotopic (exact) mass is 390 g/mol. The van der Waals surface area contributed by atoms with Crippen LogP contribution in [0, 0.1) is 12.7 Å². The molecular formula is C18H23FN6OS. The van der Waals surface area contributed by atoms with Crippen LogP contribution in [0.25, 0.3) is 0 Å². The van der Waals surface area contributed by atoms with Gasteiger partial charge in [-0.05, 0) is 57.1 Å². The minimum Gasteiger partial charge on any atom is -0.305 e. The van der Waals surface area contributed by atoms with E-state index in [4.69, 9.17) is 10.1 Å². The van der Waals surface area contributed by atoms with Gasteiger partial charge >= 0.3 is 6.03 Å². The fourth-order valence-corrected chi connectivity index (χ4v) is 4.32. The van der Waals surface area contributed by atoms with Gasteiger partial charge in [0.05, 0.1) is 11.9 Å². The number of fused-ring (bicyclic) bond motifs is 1. The second kappa shape index (κ2) is 7.12. The van der Waals surface area contributed by atoms with Crippen molar-refractivity contribution in [1.29, 1.82) is 0 Å². The second-order valence-electron chi connectivity index (χ2n) is 7.02. The van der Waals surface area contributed by atoms with Crippen LogP contribution in [0.4, 0.5) is 14.9 Å². The Kier molecular flexibility index (Phi) is 4.81. The largest absolute Gasteiger partial charge is 0.352 e. The van der Waals surface area contributed by atoms with Gasteiger partial charge < -0.3 is 5.32 Å². The molecule has 0 aromatic carbocycles. The quantitative estimate of drug-likeness (QED) is 0.836. The van der Waals surface area contributed by atoms with Gasteiger partial charge in [-0.1, -0.05) is 0 Å². The number of nitrogens with two attached hydrogens (primary N) is 1. The number of rotatable bonds is 4. The van der Waals surface area contributed by atoms with E-state index in [1.165, 1.54) is 10.9 Å². The van der Waals surface area contributed by atoms with E-state index in [1.807, 2.05) is 13.8 Å². The van der Waals surface area contributed by atoms with Gasteiger partial charge in [-0.15, -0.1) is 4.36 Å². The highest BCUT2D eigenvalue weighted by molar-refractivity contribution is 7.85. The standard InChI is InChI=1S/C18H23FN6OS/c1-3-25-9-13(19)17(23-25)27(20)24-18(26)22-16-10(2)15(11-7-8-11)21-14-6-4-5-12(14)16/h9,11H,3-8H2,1-2H3,(H3,20,21,22,24,26). The Hall–Kier alpha value is -2.13. The van der Waals surface area contributed by atoms with E-state index < -0.39 is 22.7 Å². The maximum absolute atomic E-state index is 14.0. The molecule has 2 aromatic heterocycles. The van der Waals surface area contributed by atoms with Gasteiger partial charge in [0, 0.05) is 34.7 Å². The summed E-state index contributed by atoms with van der Waals surface area (Å²) in [4.78, 5) is 17.4. The fraction of sp³-hybridized carbons (Fsp3) is 0.500. The van der Waals surface area contributed by atoms with Crippen molar-refractivity contribution >= 4 is 22.6 Å². The van der Waals surface area contributed by atoms with Gasteiger partial charge in [-0.3, -0.25) is 14.8 Å². The van der Waals surface area contributed by atoms with Crippen LogP contribution in [0.3, 0.4) is 0 Å². The summed E-state index contributed by atoms with van der Waals surface area (Å²) in [6.45, 7) is 4.37. The van der Waals surface area contributed by atoms with E-state index in [-0.39, 0.29) is 5.03 Å². The molecule has 2 heterocycles. The number of nitrogens with one attached hydrogen (secondary N) is 1. The molecule has 1 fully saturated rings. The van der Waals surface area contributed by atoms with Crippen molar-refractivity contribution in [1.82, 2.24) is 14.8 Å². The number of pyridine rings is 1. The van der Waals surface area contributed by atoms with Crippen molar-refractivity contribution in [3.05, 3.63) is 34.5 Å². The van der Waals surface area contributed by atoms with E-state index >= 15 is 0 Å². The molecule has 0 aliphatic heterocycles. The number of aromatic nitrogens is 3. The summed E-state index contributed by atoms with van der Waals surface area (Å²) in [6.07, 6.45) is 6.43. The summed E-state index contributed by atoms with van der Waals surface area (Å²) >= 11 is 0. The summed E-state index contributed by atoms with van der Waals surface area (Å²) in [5.41, 5.74) is 5.09. The van der Waals surface area contributed by atoms with Crippen molar-refractivity contribution in [2.24, 2.45) is 9.50 Å². The first-order valence-corrected chi connectivity index (χ1v) is 10.5. The summed E-state index contributed by atoms with van der Waals surface area (Å²) in [7, 11) is -1.45. The van der Waals surface area contributed by atoms with Gasteiger partial charge in [-0.25, -0.2) is 9.18 Å². The maximum Gasteiger partial charge on any atom is 0.352 e. The molecule has 27 heavy (non-hydrogen) atoms. The van der Waals surface area contributed by atoms with E-state index in [0.717, 1.165) is 60.3 Å². The number of amides is 2. The zero-order valence-electron chi connectivity index (χ0n) is 15.5. The predicted octanol–water partition coefficient (Wildman–Crippen LogP) is 3.38. The number of hydrogen-bond acceptors (Lipinski definition) is 3. The third-order valence-electron chi connectivity index (χ3n) is 5.09. The van der Waals surface area contributed by atoms with Crippen LogP contribution in [0.5, 0.6) is 0 Å².